The lowest BCUT2D eigenvalue weighted by Gasteiger charge is -2.43. The molecule has 0 aliphatic carbocycles. The van der Waals surface area contributed by atoms with Crippen LogP contribution >= 0.6 is 0 Å². The van der Waals surface area contributed by atoms with Crippen LogP contribution in [0.25, 0.3) is 0 Å². The van der Waals surface area contributed by atoms with Crippen LogP contribution in [0.3, 0.4) is 0 Å². The molecule has 0 unspecified atom stereocenters. The summed E-state index contributed by atoms with van der Waals surface area (Å²) in [6.45, 7) is 0. The van der Waals surface area contributed by atoms with Gasteiger partial charge in [-0.1, -0.05) is 30.3 Å². The number of hydrazone groups is 1. The molecule has 2 atom stereocenters. The summed E-state index contributed by atoms with van der Waals surface area (Å²) in [6.07, 6.45) is 1.01. The van der Waals surface area contributed by atoms with Gasteiger partial charge < -0.3 is 14.2 Å². The first-order chi connectivity index (χ1) is 14.7. The average molecular weight is 402 g/mol. The van der Waals surface area contributed by atoms with Gasteiger partial charge in [0, 0.05) is 0 Å². The minimum absolute atomic E-state index is 0.190. The van der Waals surface area contributed by atoms with E-state index < -0.39 is 6.10 Å². The van der Waals surface area contributed by atoms with Gasteiger partial charge in [0.1, 0.15) is 23.3 Å². The number of carbonyl (C=O) groups is 1. The Kier molecular flexibility index (Phi) is 5.66. The van der Waals surface area contributed by atoms with Crippen LogP contribution in [0.2, 0.25) is 0 Å². The molecule has 4 rings (SSSR count). The van der Waals surface area contributed by atoms with Crippen LogP contribution in [-0.2, 0) is 4.79 Å². The van der Waals surface area contributed by atoms with E-state index in [1.54, 1.807) is 20.4 Å². The van der Waals surface area contributed by atoms with Crippen LogP contribution in [-0.4, -0.2) is 37.5 Å². The van der Waals surface area contributed by atoms with E-state index in [2.05, 4.69) is 5.10 Å². The molecule has 6 nitrogen and oxygen atoms in total. The van der Waals surface area contributed by atoms with E-state index >= 15 is 0 Å². The lowest BCUT2D eigenvalue weighted by molar-refractivity contribution is -0.164. The van der Waals surface area contributed by atoms with Gasteiger partial charge in [-0.05, 0) is 59.7 Å². The summed E-state index contributed by atoms with van der Waals surface area (Å²) in [5.41, 5.74) is 1.78. The number of β-lactam (4-membered cyclic amide) rings is 1. The Hall–Kier alpha value is -3.80. The van der Waals surface area contributed by atoms with Crippen molar-refractivity contribution in [1.82, 2.24) is 5.01 Å². The van der Waals surface area contributed by atoms with Crippen LogP contribution in [0, 0.1) is 0 Å². The summed E-state index contributed by atoms with van der Waals surface area (Å²) in [4.78, 5) is 12.8. The first-order valence-electron chi connectivity index (χ1n) is 9.56. The van der Waals surface area contributed by atoms with E-state index in [0.717, 1.165) is 22.6 Å². The summed E-state index contributed by atoms with van der Waals surface area (Å²) in [7, 11) is 3.24. The Labute approximate surface area is 175 Å². The van der Waals surface area contributed by atoms with Gasteiger partial charge in [0.05, 0.1) is 20.4 Å². The maximum atomic E-state index is 12.8. The third-order valence-electron chi connectivity index (χ3n) is 4.93. The molecule has 1 saturated heterocycles. The lowest BCUT2D eigenvalue weighted by Crippen LogP contribution is -2.58. The number of para-hydroxylation sites is 1. The number of nitrogens with zero attached hydrogens (tertiary/aromatic N) is 2. The molecule has 1 heterocycles. The molecule has 0 aromatic heterocycles. The Balaban J connectivity index is 1.58. The number of benzene rings is 3. The predicted molar refractivity (Wildman–Crippen MR) is 114 cm³/mol. The van der Waals surface area contributed by atoms with Crippen molar-refractivity contribution in [3.63, 3.8) is 0 Å². The third-order valence-corrected chi connectivity index (χ3v) is 4.93. The molecule has 0 N–H and O–H groups in total. The number of hydrogen-bond donors (Lipinski definition) is 0. The van der Waals surface area contributed by atoms with Crippen molar-refractivity contribution in [2.45, 2.75) is 12.1 Å². The summed E-state index contributed by atoms with van der Waals surface area (Å²) < 4.78 is 16.4. The maximum absolute atomic E-state index is 12.8. The highest BCUT2D eigenvalue weighted by molar-refractivity contribution is 5.91. The highest BCUT2D eigenvalue weighted by atomic mass is 16.5. The summed E-state index contributed by atoms with van der Waals surface area (Å²) >= 11 is 0. The first kappa shape index (κ1) is 19.5. The Morgan fingerprint density at radius 3 is 2.00 bits per heavy atom. The zero-order valence-electron chi connectivity index (χ0n) is 16.8. The van der Waals surface area contributed by atoms with Crippen molar-refractivity contribution in [2.75, 3.05) is 14.2 Å². The molecule has 1 aliphatic heterocycles. The number of ether oxygens (including phenoxy) is 3. The largest absolute Gasteiger partial charge is 0.497 e. The fourth-order valence-electron chi connectivity index (χ4n) is 3.27. The summed E-state index contributed by atoms with van der Waals surface area (Å²) in [6, 6.07) is 24.0. The fraction of sp³-hybridized carbons (Fsp3) is 0.167. The zero-order valence-corrected chi connectivity index (χ0v) is 16.8. The molecule has 30 heavy (non-hydrogen) atoms. The lowest BCUT2D eigenvalue weighted by atomic mass is 9.92. The normalized spacial score (nSPS) is 18.2. The van der Waals surface area contributed by atoms with Gasteiger partial charge in [0.15, 0.2) is 0 Å². The molecule has 0 saturated carbocycles. The topological polar surface area (TPSA) is 60.4 Å². The Morgan fingerprint density at radius 1 is 0.800 bits per heavy atom. The van der Waals surface area contributed by atoms with Gasteiger partial charge in [0.25, 0.3) is 5.91 Å². The van der Waals surface area contributed by atoms with Gasteiger partial charge >= 0.3 is 0 Å². The Bertz CT molecular complexity index is 1020. The SMILES string of the molecule is COc1ccc(/C=N/N2C(=O)[C@@H](Oc3ccccc3)[C@H]2c2ccc(OC)cc2)cc1. The molecular formula is C24H22N2O4. The van der Waals surface area contributed by atoms with E-state index in [1.165, 1.54) is 5.01 Å². The molecule has 0 radical (unpaired) electrons. The molecule has 3 aromatic carbocycles. The minimum Gasteiger partial charge on any atom is -0.497 e. The van der Waals surface area contributed by atoms with Crippen molar-refractivity contribution in [1.29, 1.82) is 0 Å². The van der Waals surface area contributed by atoms with Crippen molar-refractivity contribution in [3.8, 4) is 17.2 Å². The molecular weight excluding hydrogens is 380 g/mol. The molecule has 0 bridgehead atoms. The highest BCUT2D eigenvalue weighted by Gasteiger charge is 2.50. The van der Waals surface area contributed by atoms with Crippen LogP contribution in [0.1, 0.15) is 17.2 Å². The molecule has 152 valence electrons. The smallest absolute Gasteiger partial charge is 0.287 e. The number of rotatable bonds is 7. The summed E-state index contributed by atoms with van der Waals surface area (Å²) in [5.74, 6) is 1.97. The fourth-order valence-corrected chi connectivity index (χ4v) is 3.27. The van der Waals surface area contributed by atoms with Crippen molar-refractivity contribution in [2.24, 2.45) is 5.10 Å². The van der Waals surface area contributed by atoms with Gasteiger partial charge in [-0.25, -0.2) is 5.01 Å². The van der Waals surface area contributed by atoms with Gasteiger partial charge in [-0.15, -0.1) is 0 Å². The number of methoxy groups -OCH3 is 2. The predicted octanol–water partition coefficient (Wildman–Crippen LogP) is 4.07. The van der Waals surface area contributed by atoms with E-state index in [9.17, 15) is 4.79 Å². The minimum atomic E-state index is -0.645. The van der Waals surface area contributed by atoms with E-state index in [-0.39, 0.29) is 11.9 Å². The third kappa shape index (κ3) is 3.98. The molecule has 3 aromatic rings. The molecule has 6 heteroatoms. The zero-order chi connectivity index (χ0) is 20.9. The second-order valence-corrected chi connectivity index (χ2v) is 6.77. The van der Waals surface area contributed by atoms with E-state index in [1.807, 2.05) is 78.9 Å². The maximum Gasteiger partial charge on any atom is 0.287 e. The Morgan fingerprint density at radius 2 is 1.40 bits per heavy atom. The second kappa shape index (κ2) is 8.69. The van der Waals surface area contributed by atoms with Gasteiger partial charge in [-0.3, -0.25) is 4.79 Å². The van der Waals surface area contributed by atoms with Crippen LogP contribution in [0.5, 0.6) is 17.2 Å². The average Bonchev–Trinajstić information content (AvgIpc) is 2.81. The first-order valence-corrected chi connectivity index (χ1v) is 9.56. The molecule has 1 aliphatic rings. The number of carbonyl (C=O) groups excluding carboxylic acids is 1. The molecule has 1 fully saturated rings. The van der Waals surface area contributed by atoms with E-state index in [4.69, 9.17) is 14.2 Å². The highest BCUT2D eigenvalue weighted by Crippen LogP contribution is 2.38. The molecule has 0 spiro atoms. The standard InChI is InChI=1S/C24H22N2O4/c1-28-19-12-8-17(9-13-19)16-25-26-22(18-10-14-20(29-2)15-11-18)23(24(26)27)30-21-6-4-3-5-7-21/h3-16,22-23H,1-2H3/b25-16+/t22-,23+/m1/s1. The quantitative estimate of drug-likeness (QED) is 0.442. The van der Waals surface area contributed by atoms with Crippen LogP contribution in [0.15, 0.2) is 84.0 Å². The van der Waals surface area contributed by atoms with Crippen molar-refractivity contribution < 1.29 is 19.0 Å². The van der Waals surface area contributed by atoms with Crippen LogP contribution < -0.4 is 14.2 Å². The van der Waals surface area contributed by atoms with Crippen LogP contribution in [0.4, 0.5) is 0 Å². The van der Waals surface area contributed by atoms with E-state index in [0.29, 0.717) is 5.75 Å². The van der Waals surface area contributed by atoms with Gasteiger partial charge in [-0.2, -0.15) is 5.10 Å². The number of amides is 1. The van der Waals surface area contributed by atoms with Crippen molar-refractivity contribution >= 4 is 12.1 Å². The monoisotopic (exact) mass is 402 g/mol. The van der Waals surface area contributed by atoms with Crippen molar-refractivity contribution in [3.05, 3.63) is 90.0 Å². The summed E-state index contributed by atoms with van der Waals surface area (Å²) in [5, 5.41) is 5.89. The molecule has 1 amide bonds. The van der Waals surface area contributed by atoms with Gasteiger partial charge in [0.2, 0.25) is 6.10 Å². The second-order valence-electron chi connectivity index (χ2n) is 6.77. The number of hydrogen-bond acceptors (Lipinski definition) is 5.